The van der Waals surface area contributed by atoms with E-state index in [9.17, 15) is 4.79 Å². The molecule has 0 bridgehead atoms. The van der Waals surface area contributed by atoms with E-state index in [1.807, 2.05) is 30.3 Å². The van der Waals surface area contributed by atoms with Gasteiger partial charge in [0.25, 0.3) is 0 Å². The molecular formula is C12H12BrNO. The Bertz CT molecular complexity index is 397. The molecule has 1 aliphatic rings. The summed E-state index contributed by atoms with van der Waals surface area (Å²) in [6.07, 6.45) is 1.60. The number of hydrogen-bond acceptors (Lipinski definition) is 1. The van der Waals surface area contributed by atoms with Crippen molar-refractivity contribution in [3.8, 4) is 0 Å². The first-order valence-electron chi connectivity index (χ1n) is 4.97. The van der Waals surface area contributed by atoms with Gasteiger partial charge in [-0.2, -0.15) is 0 Å². The molecule has 0 aromatic heterocycles. The van der Waals surface area contributed by atoms with E-state index >= 15 is 0 Å². The van der Waals surface area contributed by atoms with Crippen molar-refractivity contribution in [1.82, 2.24) is 5.32 Å². The van der Waals surface area contributed by atoms with Gasteiger partial charge in [-0.1, -0.05) is 46.3 Å². The molecule has 0 fully saturated rings. The molecule has 0 spiro atoms. The number of carbonyl (C=O) groups excluding carboxylic acids is 1. The molecule has 15 heavy (non-hydrogen) atoms. The lowest BCUT2D eigenvalue weighted by Crippen LogP contribution is -2.31. The summed E-state index contributed by atoms with van der Waals surface area (Å²) >= 11 is 3.47. The van der Waals surface area contributed by atoms with Crippen molar-refractivity contribution in [1.29, 1.82) is 0 Å². The molecule has 1 heterocycles. The molecule has 0 aliphatic carbocycles. The SMILES string of the molecule is O=C1NCCC(Br)=C1Cc1ccccc1. The summed E-state index contributed by atoms with van der Waals surface area (Å²) in [5.41, 5.74) is 2.02. The van der Waals surface area contributed by atoms with Crippen LogP contribution in [0, 0.1) is 0 Å². The van der Waals surface area contributed by atoms with Gasteiger partial charge in [-0.15, -0.1) is 0 Å². The quantitative estimate of drug-likeness (QED) is 0.875. The number of hydrogen-bond donors (Lipinski definition) is 1. The Kier molecular flexibility index (Phi) is 3.21. The van der Waals surface area contributed by atoms with Crippen LogP contribution in [-0.2, 0) is 11.2 Å². The molecule has 0 radical (unpaired) electrons. The number of halogens is 1. The highest BCUT2D eigenvalue weighted by Gasteiger charge is 2.18. The molecule has 0 saturated heterocycles. The molecule has 78 valence electrons. The van der Waals surface area contributed by atoms with Gasteiger partial charge in [0.15, 0.2) is 0 Å². The molecule has 1 aromatic carbocycles. The maximum atomic E-state index is 11.6. The minimum atomic E-state index is 0.0528. The summed E-state index contributed by atoms with van der Waals surface area (Å²) in [5.74, 6) is 0.0528. The Morgan fingerprint density at radius 2 is 2.00 bits per heavy atom. The zero-order valence-electron chi connectivity index (χ0n) is 8.29. The fourth-order valence-electron chi connectivity index (χ4n) is 1.64. The largest absolute Gasteiger partial charge is 0.352 e. The Balaban J connectivity index is 2.21. The summed E-state index contributed by atoms with van der Waals surface area (Å²) in [5, 5.41) is 2.86. The summed E-state index contributed by atoms with van der Waals surface area (Å²) in [7, 11) is 0. The maximum absolute atomic E-state index is 11.6. The third-order valence-corrected chi connectivity index (χ3v) is 3.33. The van der Waals surface area contributed by atoms with Crippen LogP contribution in [0.5, 0.6) is 0 Å². The predicted octanol–water partition coefficient (Wildman–Crippen LogP) is 2.40. The first-order valence-corrected chi connectivity index (χ1v) is 5.76. The molecule has 3 heteroatoms. The van der Waals surface area contributed by atoms with Gasteiger partial charge in [-0.3, -0.25) is 4.79 Å². The van der Waals surface area contributed by atoms with Crippen LogP contribution in [0.3, 0.4) is 0 Å². The van der Waals surface area contributed by atoms with E-state index in [1.54, 1.807) is 0 Å². The van der Waals surface area contributed by atoms with Crippen LogP contribution in [0.15, 0.2) is 40.4 Å². The number of nitrogens with one attached hydrogen (secondary N) is 1. The molecule has 2 nitrogen and oxygen atoms in total. The monoisotopic (exact) mass is 265 g/mol. The smallest absolute Gasteiger partial charge is 0.248 e. The minimum Gasteiger partial charge on any atom is -0.352 e. The lowest BCUT2D eigenvalue weighted by Gasteiger charge is -2.16. The zero-order valence-corrected chi connectivity index (χ0v) is 9.88. The van der Waals surface area contributed by atoms with Crippen molar-refractivity contribution >= 4 is 21.8 Å². The topological polar surface area (TPSA) is 29.1 Å². The summed E-state index contributed by atoms with van der Waals surface area (Å²) in [4.78, 5) is 11.6. The number of carbonyl (C=O) groups is 1. The van der Waals surface area contributed by atoms with Gasteiger partial charge >= 0.3 is 0 Å². The van der Waals surface area contributed by atoms with Crippen LogP contribution >= 0.6 is 15.9 Å². The van der Waals surface area contributed by atoms with Crippen molar-refractivity contribution < 1.29 is 4.79 Å². The second kappa shape index (κ2) is 4.62. The van der Waals surface area contributed by atoms with E-state index < -0.39 is 0 Å². The van der Waals surface area contributed by atoms with Gasteiger partial charge in [-0.05, 0) is 12.0 Å². The first kappa shape index (κ1) is 10.4. The van der Waals surface area contributed by atoms with Gasteiger partial charge in [0.1, 0.15) is 0 Å². The number of amides is 1. The average molecular weight is 266 g/mol. The van der Waals surface area contributed by atoms with Crippen molar-refractivity contribution in [3.05, 3.63) is 46.0 Å². The molecule has 1 aromatic rings. The molecular weight excluding hydrogens is 254 g/mol. The van der Waals surface area contributed by atoms with E-state index in [0.29, 0.717) is 6.42 Å². The van der Waals surface area contributed by atoms with Crippen LogP contribution < -0.4 is 5.32 Å². The van der Waals surface area contributed by atoms with Crippen molar-refractivity contribution in [3.63, 3.8) is 0 Å². The molecule has 1 N–H and O–H groups in total. The van der Waals surface area contributed by atoms with E-state index in [0.717, 1.165) is 23.0 Å². The summed E-state index contributed by atoms with van der Waals surface area (Å²) in [6.45, 7) is 0.734. The predicted molar refractivity (Wildman–Crippen MR) is 63.7 cm³/mol. The van der Waals surface area contributed by atoms with Crippen molar-refractivity contribution in [2.75, 3.05) is 6.54 Å². The molecule has 1 aliphatic heterocycles. The molecule has 0 atom stereocenters. The van der Waals surface area contributed by atoms with Crippen LogP contribution in [0.1, 0.15) is 12.0 Å². The van der Waals surface area contributed by atoms with Crippen molar-refractivity contribution in [2.45, 2.75) is 12.8 Å². The van der Waals surface area contributed by atoms with Gasteiger partial charge in [0.05, 0.1) is 0 Å². The van der Waals surface area contributed by atoms with E-state index in [1.165, 1.54) is 5.56 Å². The molecule has 1 amide bonds. The second-order valence-corrected chi connectivity index (χ2v) is 4.51. The zero-order chi connectivity index (χ0) is 10.7. The van der Waals surface area contributed by atoms with Crippen LogP contribution in [0.2, 0.25) is 0 Å². The molecule has 0 saturated carbocycles. The normalized spacial score (nSPS) is 16.5. The van der Waals surface area contributed by atoms with Gasteiger partial charge in [0, 0.05) is 23.0 Å². The van der Waals surface area contributed by atoms with Crippen LogP contribution in [0.4, 0.5) is 0 Å². The standard InChI is InChI=1S/C12H12BrNO/c13-11-6-7-14-12(15)10(11)8-9-4-2-1-3-5-9/h1-5H,6-8H2,(H,14,15). The lowest BCUT2D eigenvalue weighted by atomic mass is 10.0. The Morgan fingerprint density at radius 3 is 2.67 bits per heavy atom. The third-order valence-electron chi connectivity index (χ3n) is 2.46. The Hall–Kier alpha value is -1.09. The Morgan fingerprint density at radius 1 is 1.27 bits per heavy atom. The maximum Gasteiger partial charge on any atom is 0.248 e. The highest BCUT2D eigenvalue weighted by atomic mass is 79.9. The number of benzene rings is 1. The lowest BCUT2D eigenvalue weighted by molar-refractivity contribution is -0.117. The summed E-state index contributed by atoms with van der Waals surface area (Å²) in [6, 6.07) is 10.0. The van der Waals surface area contributed by atoms with Gasteiger partial charge in [-0.25, -0.2) is 0 Å². The number of rotatable bonds is 2. The Labute approximate surface area is 97.5 Å². The van der Waals surface area contributed by atoms with E-state index in [-0.39, 0.29) is 5.91 Å². The van der Waals surface area contributed by atoms with E-state index in [2.05, 4.69) is 21.2 Å². The second-order valence-electron chi connectivity index (χ2n) is 3.55. The average Bonchev–Trinajstić information content (AvgIpc) is 2.25. The van der Waals surface area contributed by atoms with Crippen LogP contribution in [-0.4, -0.2) is 12.5 Å². The highest BCUT2D eigenvalue weighted by Crippen LogP contribution is 2.22. The van der Waals surface area contributed by atoms with Crippen molar-refractivity contribution in [2.24, 2.45) is 0 Å². The van der Waals surface area contributed by atoms with Gasteiger partial charge in [0.2, 0.25) is 5.91 Å². The molecule has 0 unspecified atom stereocenters. The van der Waals surface area contributed by atoms with Gasteiger partial charge < -0.3 is 5.32 Å². The van der Waals surface area contributed by atoms with Crippen LogP contribution in [0.25, 0.3) is 0 Å². The fourth-order valence-corrected chi connectivity index (χ4v) is 2.16. The summed E-state index contributed by atoms with van der Waals surface area (Å²) < 4.78 is 1.04. The van der Waals surface area contributed by atoms with E-state index in [4.69, 9.17) is 0 Å². The fraction of sp³-hybridized carbons (Fsp3) is 0.250. The first-order chi connectivity index (χ1) is 7.27. The molecule has 2 rings (SSSR count). The highest BCUT2D eigenvalue weighted by molar-refractivity contribution is 9.11. The minimum absolute atomic E-state index is 0.0528. The third kappa shape index (κ3) is 2.48.